The van der Waals surface area contributed by atoms with Gasteiger partial charge in [0.05, 0.1) is 30.7 Å². The average molecular weight is 554 g/mol. The van der Waals surface area contributed by atoms with Crippen molar-refractivity contribution < 1.29 is 32.2 Å². The number of anilines is 2. The molecule has 1 aliphatic rings. The SMILES string of the molecule is COc1ccc(N2C(=O)C(Cc3cccc(C(F)(F)F)c3)S/C2=C(/C#N)C(=O)Nc2ccccc2OC)cc1. The molecule has 1 saturated heterocycles. The van der Waals surface area contributed by atoms with E-state index < -0.39 is 28.8 Å². The fraction of sp³-hybridized carbons (Fsp3) is 0.179. The van der Waals surface area contributed by atoms with Gasteiger partial charge in [0.1, 0.15) is 28.2 Å². The zero-order valence-electron chi connectivity index (χ0n) is 20.8. The van der Waals surface area contributed by atoms with E-state index in [-0.39, 0.29) is 17.0 Å². The van der Waals surface area contributed by atoms with Crippen molar-refractivity contribution in [2.75, 3.05) is 24.4 Å². The van der Waals surface area contributed by atoms with Gasteiger partial charge in [-0.1, -0.05) is 42.1 Å². The molecule has 0 radical (unpaired) electrons. The van der Waals surface area contributed by atoms with Crippen LogP contribution in [-0.2, 0) is 22.2 Å². The van der Waals surface area contributed by atoms with Crippen LogP contribution < -0.4 is 19.7 Å². The molecule has 2 amide bonds. The van der Waals surface area contributed by atoms with E-state index >= 15 is 0 Å². The fourth-order valence-corrected chi connectivity index (χ4v) is 5.28. The molecule has 3 aromatic carbocycles. The third-order valence-corrected chi connectivity index (χ3v) is 7.13. The van der Waals surface area contributed by atoms with Crippen molar-refractivity contribution in [3.63, 3.8) is 0 Å². The molecule has 1 fully saturated rings. The number of rotatable bonds is 7. The van der Waals surface area contributed by atoms with E-state index in [1.54, 1.807) is 48.5 Å². The van der Waals surface area contributed by atoms with Crippen molar-refractivity contribution >= 4 is 35.0 Å². The molecular formula is C28H22F3N3O4S. The van der Waals surface area contributed by atoms with Crippen LogP contribution in [0.5, 0.6) is 11.5 Å². The molecule has 11 heteroatoms. The van der Waals surface area contributed by atoms with Gasteiger partial charge in [0, 0.05) is 5.69 Å². The summed E-state index contributed by atoms with van der Waals surface area (Å²) in [5, 5.41) is 11.8. The number of ether oxygens (including phenoxy) is 2. The van der Waals surface area contributed by atoms with Crippen molar-refractivity contribution in [1.82, 2.24) is 0 Å². The van der Waals surface area contributed by atoms with Gasteiger partial charge in [-0.05, 0) is 54.4 Å². The normalized spacial score (nSPS) is 16.5. The van der Waals surface area contributed by atoms with Crippen LogP contribution in [0.25, 0.3) is 0 Å². The van der Waals surface area contributed by atoms with Crippen molar-refractivity contribution in [2.45, 2.75) is 17.8 Å². The minimum atomic E-state index is -4.53. The average Bonchev–Trinajstić information content (AvgIpc) is 3.24. The highest BCUT2D eigenvalue weighted by Gasteiger charge is 2.41. The highest BCUT2D eigenvalue weighted by Crippen LogP contribution is 2.43. The summed E-state index contributed by atoms with van der Waals surface area (Å²) in [7, 11) is 2.92. The Labute approximate surface area is 226 Å². The Morgan fingerprint density at radius 3 is 2.41 bits per heavy atom. The second-order valence-corrected chi connectivity index (χ2v) is 9.52. The molecule has 4 rings (SSSR count). The number of carbonyl (C=O) groups excluding carboxylic acids is 2. The molecule has 3 aromatic rings. The first kappa shape index (κ1) is 27.6. The van der Waals surface area contributed by atoms with Crippen LogP contribution in [0.1, 0.15) is 11.1 Å². The summed E-state index contributed by atoms with van der Waals surface area (Å²) in [6.07, 6.45) is -4.58. The predicted octanol–water partition coefficient (Wildman–Crippen LogP) is 5.79. The number of nitrogens with zero attached hydrogens (tertiary/aromatic N) is 2. The Balaban J connectivity index is 1.74. The summed E-state index contributed by atoms with van der Waals surface area (Å²) in [5.41, 5.74) is -0.172. The van der Waals surface area contributed by atoms with E-state index in [4.69, 9.17) is 9.47 Å². The number of hydrogen-bond acceptors (Lipinski definition) is 6. The first-order chi connectivity index (χ1) is 18.7. The molecule has 0 aliphatic carbocycles. The molecule has 1 aliphatic heterocycles. The number of carbonyl (C=O) groups is 2. The van der Waals surface area contributed by atoms with E-state index in [0.29, 0.717) is 28.4 Å². The molecule has 1 unspecified atom stereocenters. The lowest BCUT2D eigenvalue weighted by Gasteiger charge is -2.19. The molecule has 0 bridgehead atoms. The highest BCUT2D eigenvalue weighted by molar-refractivity contribution is 8.05. The van der Waals surface area contributed by atoms with Crippen molar-refractivity contribution in [3.8, 4) is 17.6 Å². The van der Waals surface area contributed by atoms with Crippen LogP contribution in [0, 0.1) is 11.3 Å². The quantitative estimate of drug-likeness (QED) is 0.294. The number of hydrogen-bond donors (Lipinski definition) is 1. The van der Waals surface area contributed by atoms with Gasteiger partial charge in [0.25, 0.3) is 5.91 Å². The van der Waals surface area contributed by atoms with Crippen LogP contribution >= 0.6 is 11.8 Å². The number of thioether (sulfide) groups is 1. The Morgan fingerprint density at radius 2 is 1.77 bits per heavy atom. The van der Waals surface area contributed by atoms with Gasteiger partial charge in [-0.3, -0.25) is 14.5 Å². The second-order valence-electron chi connectivity index (χ2n) is 8.33. The van der Waals surface area contributed by atoms with Crippen molar-refractivity contribution in [2.24, 2.45) is 0 Å². The Kier molecular flexibility index (Phi) is 8.16. The van der Waals surface area contributed by atoms with Crippen LogP contribution in [0.3, 0.4) is 0 Å². The number of amides is 2. The van der Waals surface area contributed by atoms with Gasteiger partial charge >= 0.3 is 6.18 Å². The van der Waals surface area contributed by atoms with Crippen LogP contribution in [-0.4, -0.2) is 31.3 Å². The Hall–Kier alpha value is -4.43. The van der Waals surface area contributed by atoms with E-state index in [1.807, 2.05) is 6.07 Å². The van der Waals surface area contributed by atoms with Gasteiger partial charge in [-0.15, -0.1) is 0 Å². The minimum absolute atomic E-state index is 0.0452. The third kappa shape index (κ3) is 6.02. The molecule has 0 saturated carbocycles. The summed E-state index contributed by atoms with van der Waals surface area (Å²) >= 11 is 0.950. The van der Waals surface area contributed by atoms with E-state index in [2.05, 4.69) is 5.32 Å². The van der Waals surface area contributed by atoms with Crippen LogP contribution in [0.15, 0.2) is 83.4 Å². The van der Waals surface area contributed by atoms with Crippen LogP contribution in [0.2, 0.25) is 0 Å². The van der Waals surface area contributed by atoms with Gasteiger partial charge < -0.3 is 14.8 Å². The lowest BCUT2D eigenvalue weighted by atomic mass is 10.1. The Bertz CT molecular complexity index is 1470. The fourth-order valence-electron chi connectivity index (χ4n) is 3.97. The first-order valence-electron chi connectivity index (χ1n) is 11.6. The summed E-state index contributed by atoms with van der Waals surface area (Å²) in [5.74, 6) is -0.345. The molecule has 1 N–H and O–H groups in total. The number of para-hydroxylation sites is 2. The predicted molar refractivity (Wildman–Crippen MR) is 141 cm³/mol. The highest BCUT2D eigenvalue weighted by atomic mass is 32.2. The van der Waals surface area contributed by atoms with Crippen molar-refractivity contribution in [3.05, 3.63) is 94.5 Å². The van der Waals surface area contributed by atoms with E-state index in [9.17, 15) is 28.0 Å². The van der Waals surface area contributed by atoms with Gasteiger partial charge in [-0.25, -0.2) is 0 Å². The summed E-state index contributed by atoms with van der Waals surface area (Å²) in [4.78, 5) is 28.1. The molecule has 0 spiro atoms. The maximum absolute atomic E-state index is 13.6. The summed E-state index contributed by atoms with van der Waals surface area (Å²) in [6.45, 7) is 0. The smallest absolute Gasteiger partial charge is 0.416 e. The summed E-state index contributed by atoms with van der Waals surface area (Å²) in [6, 6.07) is 19.7. The number of benzene rings is 3. The largest absolute Gasteiger partial charge is 0.497 e. The van der Waals surface area contributed by atoms with Gasteiger partial charge in [0.15, 0.2) is 0 Å². The van der Waals surface area contributed by atoms with E-state index in [1.165, 1.54) is 31.3 Å². The number of nitrogens with one attached hydrogen (secondary N) is 1. The molecule has 39 heavy (non-hydrogen) atoms. The minimum Gasteiger partial charge on any atom is -0.497 e. The maximum Gasteiger partial charge on any atom is 0.416 e. The molecule has 1 heterocycles. The summed E-state index contributed by atoms with van der Waals surface area (Å²) < 4.78 is 50.2. The lowest BCUT2D eigenvalue weighted by Crippen LogP contribution is -2.31. The van der Waals surface area contributed by atoms with E-state index in [0.717, 1.165) is 23.9 Å². The van der Waals surface area contributed by atoms with Gasteiger partial charge in [0.2, 0.25) is 5.91 Å². The second kappa shape index (κ2) is 11.5. The monoisotopic (exact) mass is 553 g/mol. The molecular weight excluding hydrogens is 531 g/mol. The van der Waals surface area contributed by atoms with Crippen molar-refractivity contribution in [1.29, 1.82) is 5.26 Å². The van der Waals surface area contributed by atoms with Gasteiger partial charge in [-0.2, -0.15) is 18.4 Å². The standard InChI is InChI=1S/C28H22F3N3O4S/c1-37-20-12-10-19(11-13-20)34-26(36)24(15-17-6-5-7-18(14-17)28(29,30)31)39-27(34)21(16-32)25(35)33-22-8-3-4-9-23(22)38-2/h3-14,24H,15H2,1-2H3,(H,33,35)/b27-21-. The van der Waals surface area contributed by atoms with Crippen LogP contribution in [0.4, 0.5) is 24.5 Å². The molecule has 0 aromatic heterocycles. The molecule has 200 valence electrons. The maximum atomic E-state index is 13.6. The number of alkyl halides is 3. The number of nitriles is 1. The zero-order valence-corrected chi connectivity index (χ0v) is 21.6. The third-order valence-electron chi connectivity index (χ3n) is 5.87. The zero-order chi connectivity index (χ0) is 28.2. The first-order valence-corrected chi connectivity index (χ1v) is 12.4. The molecule has 7 nitrogen and oxygen atoms in total. The lowest BCUT2D eigenvalue weighted by molar-refractivity contribution is -0.137. The number of halogens is 3. The Morgan fingerprint density at radius 1 is 1.05 bits per heavy atom. The number of methoxy groups -OCH3 is 2. The topological polar surface area (TPSA) is 91.7 Å². The molecule has 1 atom stereocenters.